The number of rotatable bonds is 7. The molecule has 5 heteroatoms. The average molecular weight is 396 g/mol. The number of nitrogens with zero attached hydrogens (tertiary/aromatic N) is 2. The molecule has 29 heavy (non-hydrogen) atoms. The summed E-state index contributed by atoms with van der Waals surface area (Å²) in [6.45, 7) is 3.40. The number of carbonyl (C=O) groups is 1. The summed E-state index contributed by atoms with van der Waals surface area (Å²) in [7, 11) is 0. The van der Waals surface area contributed by atoms with Crippen molar-refractivity contribution in [3.8, 4) is 11.8 Å². The third-order valence-electron chi connectivity index (χ3n) is 6.82. The summed E-state index contributed by atoms with van der Waals surface area (Å²) in [5, 5.41) is 12.1. The van der Waals surface area contributed by atoms with Crippen molar-refractivity contribution in [2.75, 3.05) is 19.6 Å². The van der Waals surface area contributed by atoms with E-state index in [2.05, 4.69) is 16.3 Å². The molecule has 1 amide bonds. The summed E-state index contributed by atoms with van der Waals surface area (Å²) in [5.74, 6) is 2.32. The Bertz CT molecular complexity index is 707. The molecule has 3 aliphatic rings. The lowest BCUT2D eigenvalue weighted by molar-refractivity contribution is -0.123. The Morgan fingerprint density at radius 2 is 1.72 bits per heavy atom. The Morgan fingerprint density at radius 1 is 1.03 bits per heavy atom. The van der Waals surface area contributed by atoms with E-state index < -0.39 is 0 Å². The summed E-state index contributed by atoms with van der Waals surface area (Å²) in [6, 6.07) is 9.99. The Kier molecular flexibility index (Phi) is 6.71. The molecule has 1 heterocycles. The van der Waals surface area contributed by atoms with Gasteiger partial charge in [-0.1, -0.05) is 0 Å². The van der Waals surface area contributed by atoms with Gasteiger partial charge in [-0.05, 0) is 94.5 Å². The van der Waals surface area contributed by atoms with Crippen LogP contribution in [0, 0.1) is 23.2 Å². The Morgan fingerprint density at radius 3 is 2.34 bits per heavy atom. The number of amides is 1. The largest absolute Gasteiger partial charge is 0.490 e. The minimum Gasteiger partial charge on any atom is -0.490 e. The smallest absolute Gasteiger partial charge is 0.223 e. The fraction of sp³-hybridized carbons (Fsp3) is 0.667. The van der Waals surface area contributed by atoms with Crippen molar-refractivity contribution in [3.05, 3.63) is 29.8 Å². The molecule has 0 radical (unpaired) electrons. The number of nitrogens with one attached hydrogen (secondary N) is 1. The molecule has 3 fully saturated rings. The molecule has 1 aromatic rings. The number of nitriles is 1. The molecular formula is C24H33N3O2. The van der Waals surface area contributed by atoms with E-state index in [1.165, 1.54) is 25.8 Å². The van der Waals surface area contributed by atoms with Crippen molar-refractivity contribution in [2.24, 2.45) is 11.8 Å². The molecule has 2 saturated carbocycles. The molecule has 1 aliphatic heterocycles. The SMILES string of the molecule is N#Cc1ccc(OC2CCN(CC[C@H]3CC[C@H](NC(=O)C4CC4)CC3)CC2)cc1. The Balaban J connectivity index is 1.10. The van der Waals surface area contributed by atoms with E-state index in [4.69, 9.17) is 10.00 Å². The van der Waals surface area contributed by atoms with Crippen molar-refractivity contribution in [3.63, 3.8) is 0 Å². The number of carbonyl (C=O) groups excluding carboxylic acids is 1. The first-order valence-corrected chi connectivity index (χ1v) is 11.4. The third-order valence-corrected chi connectivity index (χ3v) is 6.82. The number of hydrogen-bond acceptors (Lipinski definition) is 4. The van der Waals surface area contributed by atoms with Gasteiger partial charge in [0.25, 0.3) is 0 Å². The maximum atomic E-state index is 11.9. The van der Waals surface area contributed by atoms with Gasteiger partial charge in [-0.25, -0.2) is 0 Å². The standard InChI is InChI=1S/C24H33N3O2/c25-17-19-3-9-22(10-4-19)29-23-12-15-27(16-13-23)14-11-18-1-7-21(8-2-18)26-24(28)20-5-6-20/h3-4,9-10,18,20-21,23H,1-2,5-8,11-16H2,(H,26,28)/t18-,21-. The van der Waals surface area contributed by atoms with Crippen molar-refractivity contribution in [1.29, 1.82) is 5.26 Å². The number of benzene rings is 1. The summed E-state index contributed by atoms with van der Waals surface area (Å²) < 4.78 is 6.09. The minimum absolute atomic E-state index is 0.282. The van der Waals surface area contributed by atoms with E-state index in [-0.39, 0.29) is 6.10 Å². The Labute approximate surface area is 174 Å². The zero-order chi connectivity index (χ0) is 20.1. The second kappa shape index (κ2) is 9.63. The molecule has 0 atom stereocenters. The van der Waals surface area contributed by atoms with Crippen LogP contribution in [0.2, 0.25) is 0 Å². The first kappa shape index (κ1) is 20.2. The van der Waals surface area contributed by atoms with Gasteiger partial charge in [0.15, 0.2) is 0 Å². The number of piperidine rings is 1. The van der Waals surface area contributed by atoms with Crippen LogP contribution in [0.15, 0.2) is 24.3 Å². The number of likely N-dealkylation sites (tertiary alicyclic amines) is 1. The van der Waals surface area contributed by atoms with Crippen LogP contribution in [0.5, 0.6) is 5.75 Å². The normalized spacial score (nSPS) is 25.9. The highest BCUT2D eigenvalue weighted by Gasteiger charge is 2.32. The molecule has 1 N–H and O–H groups in total. The van der Waals surface area contributed by atoms with Crippen molar-refractivity contribution in [2.45, 2.75) is 69.9 Å². The predicted molar refractivity (Wildman–Crippen MR) is 112 cm³/mol. The van der Waals surface area contributed by atoms with Crippen LogP contribution in [-0.4, -0.2) is 42.6 Å². The van der Waals surface area contributed by atoms with Gasteiger partial charge >= 0.3 is 0 Å². The van der Waals surface area contributed by atoms with Gasteiger partial charge in [-0.2, -0.15) is 5.26 Å². The first-order chi connectivity index (χ1) is 14.2. The van der Waals surface area contributed by atoms with Crippen LogP contribution in [0.1, 0.15) is 63.4 Å². The van der Waals surface area contributed by atoms with Gasteiger partial charge in [0.05, 0.1) is 11.6 Å². The molecule has 2 aliphatic carbocycles. The summed E-state index contributed by atoms with van der Waals surface area (Å²) in [5.41, 5.74) is 0.673. The number of ether oxygens (including phenoxy) is 1. The van der Waals surface area contributed by atoms with Gasteiger partial charge in [-0.3, -0.25) is 4.79 Å². The molecule has 0 spiro atoms. The van der Waals surface area contributed by atoms with Crippen molar-refractivity contribution < 1.29 is 9.53 Å². The molecule has 1 aromatic carbocycles. The highest BCUT2D eigenvalue weighted by Crippen LogP contribution is 2.31. The quantitative estimate of drug-likeness (QED) is 0.761. The van der Waals surface area contributed by atoms with Gasteiger partial charge < -0.3 is 15.0 Å². The van der Waals surface area contributed by atoms with Crippen LogP contribution in [0.3, 0.4) is 0 Å². The highest BCUT2D eigenvalue weighted by atomic mass is 16.5. The molecule has 0 unspecified atom stereocenters. The number of hydrogen-bond donors (Lipinski definition) is 1. The summed E-state index contributed by atoms with van der Waals surface area (Å²) in [6.07, 6.45) is 10.7. The highest BCUT2D eigenvalue weighted by molar-refractivity contribution is 5.81. The third kappa shape index (κ3) is 5.96. The van der Waals surface area contributed by atoms with Gasteiger partial charge in [0.1, 0.15) is 11.9 Å². The summed E-state index contributed by atoms with van der Waals surface area (Å²) in [4.78, 5) is 14.5. The maximum Gasteiger partial charge on any atom is 0.223 e. The average Bonchev–Trinajstić information content (AvgIpc) is 3.60. The van der Waals surface area contributed by atoms with Crippen molar-refractivity contribution in [1.82, 2.24) is 10.2 Å². The predicted octanol–water partition coefficient (Wildman–Crippen LogP) is 3.88. The zero-order valence-electron chi connectivity index (χ0n) is 17.3. The molecule has 1 saturated heterocycles. The second-order valence-electron chi connectivity index (χ2n) is 9.08. The van der Waals surface area contributed by atoms with Crippen molar-refractivity contribution >= 4 is 5.91 Å². The van der Waals surface area contributed by atoms with E-state index >= 15 is 0 Å². The minimum atomic E-state index is 0.282. The van der Waals surface area contributed by atoms with E-state index in [1.54, 1.807) is 0 Å². The summed E-state index contributed by atoms with van der Waals surface area (Å²) >= 11 is 0. The van der Waals surface area contributed by atoms with E-state index in [0.717, 1.165) is 63.3 Å². The van der Waals surface area contributed by atoms with Crippen LogP contribution in [-0.2, 0) is 4.79 Å². The van der Waals surface area contributed by atoms with Crippen LogP contribution >= 0.6 is 0 Å². The Hall–Kier alpha value is -2.06. The lowest BCUT2D eigenvalue weighted by atomic mass is 9.84. The van der Waals surface area contributed by atoms with Gasteiger partial charge in [0.2, 0.25) is 5.91 Å². The lowest BCUT2D eigenvalue weighted by Crippen LogP contribution is -2.40. The fourth-order valence-electron chi connectivity index (χ4n) is 4.68. The van der Waals surface area contributed by atoms with Crippen LogP contribution in [0.4, 0.5) is 0 Å². The van der Waals surface area contributed by atoms with Gasteiger partial charge in [-0.15, -0.1) is 0 Å². The van der Waals surface area contributed by atoms with E-state index in [9.17, 15) is 4.79 Å². The molecular weight excluding hydrogens is 362 g/mol. The van der Waals surface area contributed by atoms with Crippen LogP contribution in [0.25, 0.3) is 0 Å². The van der Waals surface area contributed by atoms with E-state index in [0.29, 0.717) is 23.4 Å². The fourth-order valence-corrected chi connectivity index (χ4v) is 4.68. The molecule has 156 valence electrons. The van der Waals surface area contributed by atoms with E-state index in [1.807, 2.05) is 24.3 Å². The molecule has 5 nitrogen and oxygen atoms in total. The lowest BCUT2D eigenvalue weighted by Gasteiger charge is -2.34. The van der Waals surface area contributed by atoms with Crippen LogP contribution < -0.4 is 10.1 Å². The first-order valence-electron chi connectivity index (χ1n) is 11.4. The van der Waals surface area contributed by atoms with Gasteiger partial charge in [0, 0.05) is 25.0 Å². The molecule has 4 rings (SSSR count). The second-order valence-corrected chi connectivity index (χ2v) is 9.08. The monoisotopic (exact) mass is 395 g/mol. The molecule has 0 bridgehead atoms. The molecule has 0 aromatic heterocycles. The zero-order valence-corrected chi connectivity index (χ0v) is 17.3. The topological polar surface area (TPSA) is 65.4 Å². The maximum absolute atomic E-state index is 11.9.